The number of aromatic nitrogens is 1. The summed E-state index contributed by atoms with van der Waals surface area (Å²) in [5.41, 5.74) is 5.94. The second-order valence-electron chi connectivity index (χ2n) is 7.46. The van der Waals surface area contributed by atoms with Gasteiger partial charge in [-0.2, -0.15) is 5.90 Å². The zero-order chi connectivity index (χ0) is 22.9. The van der Waals surface area contributed by atoms with Gasteiger partial charge in [0.25, 0.3) is 0 Å². The molecule has 0 radical (unpaired) electrons. The third kappa shape index (κ3) is 5.64. The molecule has 7 heteroatoms. The molecule has 4 rings (SSSR count). The van der Waals surface area contributed by atoms with Gasteiger partial charge in [0, 0.05) is 35.5 Å². The van der Waals surface area contributed by atoms with Crippen molar-refractivity contribution in [2.24, 2.45) is 11.1 Å². The van der Waals surface area contributed by atoms with Crippen molar-refractivity contribution in [1.82, 2.24) is 4.98 Å². The monoisotopic (exact) mass is 443 g/mol. The Morgan fingerprint density at radius 2 is 1.88 bits per heavy atom. The van der Waals surface area contributed by atoms with Crippen molar-refractivity contribution in [2.45, 2.75) is 19.3 Å². The fourth-order valence-electron chi connectivity index (χ4n) is 3.80. The van der Waals surface area contributed by atoms with E-state index < -0.39 is 5.97 Å². The Hall–Kier alpha value is -3.97. The molecule has 0 saturated carbocycles. The number of benzene rings is 2. The van der Waals surface area contributed by atoms with Gasteiger partial charge in [-0.1, -0.05) is 53.7 Å². The number of carbonyl (C=O) groups excluding carboxylic acids is 1. The van der Waals surface area contributed by atoms with Crippen LogP contribution < -0.4 is 10.6 Å². The number of hydrogen-bond acceptors (Lipinski definition) is 7. The van der Waals surface area contributed by atoms with Crippen LogP contribution in [0.1, 0.15) is 35.1 Å². The van der Waals surface area contributed by atoms with Gasteiger partial charge in [-0.15, -0.1) is 0 Å². The van der Waals surface area contributed by atoms with Crippen LogP contribution in [0.25, 0.3) is 5.57 Å². The highest BCUT2D eigenvalue weighted by Crippen LogP contribution is 2.34. The van der Waals surface area contributed by atoms with Crippen molar-refractivity contribution in [1.29, 1.82) is 0 Å². The first-order chi connectivity index (χ1) is 16.3. The number of nitrogens with two attached hydrogens (primary N) is 1. The summed E-state index contributed by atoms with van der Waals surface area (Å²) in [6, 6.07) is 19.6. The van der Waals surface area contributed by atoms with Gasteiger partial charge in [-0.05, 0) is 42.2 Å². The van der Waals surface area contributed by atoms with Crippen molar-refractivity contribution < 1.29 is 19.2 Å². The molecular weight excluding hydrogens is 418 g/mol. The van der Waals surface area contributed by atoms with Crippen molar-refractivity contribution in [3.05, 3.63) is 101 Å². The molecule has 0 spiro atoms. The quantitative estimate of drug-likeness (QED) is 0.304. The Labute approximate surface area is 192 Å². The van der Waals surface area contributed by atoms with Gasteiger partial charge in [0.15, 0.2) is 6.61 Å². The maximum Gasteiger partial charge on any atom is 0.362 e. The maximum atomic E-state index is 11.3. The highest BCUT2D eigenvalue weighted by Gasteiger charge is 2.17. The van der Waals surface area contributed by atoms with Crippen LogP contribution in [-0.2, 0) is 20.9 Å². The Balaban J connectivity index is 1.45. The summed E-state index contributed by atoms with van der Waals surface area (Å²) < 4.78 is 5.62. The molecule has 1 aliphatic carbocycles. The highest BCUT2D eigenvalue weighted by atomic mass is 16.7. The lowest BCUT2D eigenvalue weighted by atomic mass is 9.89. The number of ether oxygens (including phenoxy) is 1. The van der Waals surface area contributed by atoms with Gasteiger partial charge in [-0.3, -0.25) is 4.98 Å². The lowest BCUT2D eigenvalue weighted by molar-refractivity contribution is -0.146. The van der Waals surface area contributed by atoms with Crippen molar-refractivity contribution in [3.8, 4) is 5.75 Å². The van der Waals surface area contributed by atoms with Gasteiger partial charge < -0.3 is 14.4 Å². The van der Waals surface area contributed by atoms with E-state index in [1.165, 1.54) is 5.57 Å². The molecule has 0 aliphatic heterocycles. The van der Waals surface area contributed by atoms with Crippen molar-refractivity contribution >= 4 is 17.3 Å². The van der Waals surface area contributed by atoms with E-state index in [0.29, 0.717) is 18.8 Å². The van der Waals surface area contributed by atoms with E-state index in [9.17, 15) is 4.79 Å². The van der Waals surface area contributed by atoms with E-state index >= 15 is 0 Å². The molecule has 0 saturated heterocycles. The molecular formula is C26H25N3O4. The number of pyridine rings is 1. The number of oxime groups is 1. The zero-order valence-corrected chi connectivity index (χ0v) is 18.1. The van der Waals surface area contributed by atoms with E-state index in [4.69, 9.17) is 15.5 Å². The summed E-state index contributed by atoms with van der Waals surface area (Å²) in [6.45, 7) is 0.201. The minimum Gasteiger partial charge on any atom is -0.482 e. The molecule has 3 aromatic rings. The predicted molar refractivity (Wildman–Crippen MR) is 125 cm³/mol. The number of fused-ring (bicyclic) bond motifs is 1. The summed E-state index contributed by atoms with van der Waals surface area (Å²) in [5.74, 6) is 4.95. The standard InChI is InChI=1S/C26H25N3O4/c27-33-25(30)18-31-24-13-5-11-22-19(9-4-12-23(22)24)14-16-32-29-26(20-7-2-1-3-8-20)21-10-6-15-28-17-21/h1-3,5-11,13,15,17H,4,12,14,16,18,27H2/b29-26-. The van der Waals surface area contributed by atoms with E-state index in [-0.39, 0.29) is 6.61 Å². The molecule has 1 heterocycles. The van der Waals surface area contributed by atoms with Crippen LogP contribution in [0.15, 0.2) is 84.3 Å². The SMILES string of the molecule is NOC(=O)COc1cccc2c1CCC=C2CCO/N=C(/c1ccccc1)c1cccnc1. The van der Waals surface area contributed by atoms with Gasteiger partial charge >= 0.3 is 5.97 Å². The second-order valence-corrected chi connectivity index (χ2v) is 7.46. The lowest BCUT2D eigenvalue weighted by Crippen LogP contribution is -2.19. The van der Waals surface area contributed by atoms with Gasteiger partial charge in [0.05, 0.1) is 0 Å². The predicted octanol–water partition coefficient (Wildman–Crippen LogP) is 4.07. The van der Waals surface area contributed by atoms with Crippen molar-refractivity contribution in [2.75, 3.05) is 13.2 Å². The van der Waals surface area contributed by atoms with E-state index in [1.807, 2.05) is 54.6 Å². The van der Waals surface area contributed by atoms with Crippen LogP contribution >= 0.6 is 0 Å². The molecule has 0 atom stereocenters. The largest absolute Gasteiger partial charge is 0.482 e. The summed E-state index contributed by atoms with van der Waals surface area (Å²) in [7, 11) is 0. The minimum atomic E-state index is -0.617. The van der Waals surface area contributed by atoms with Gasteiger partial charge in [0.2, 0.25) is 0 Å². The topological polar surface area (TPSA) is 96.0 Å². The Morgan fingerprint density at radius 3 is 2.67 bits per heavy atom. The van der Waals surface area contributed by atoms with Crippen LogP contribution in [-0.4, -0.2) is 29.9 Å². The summed E-state index contributed by atoms with van der Waals surface area (Å²) >= 11 is 0. The van der Waals surface area contributed by atoms with Gasteiger partial charge in [0.1, 0.15) is 18.1 Å². The first-order valence-corrected chi connectivity index (χ1v) is 10.8. The molecule has 2 N–H and O–H groups in total. The summed E-state index contributed by atoms with van der Waals surface area (Å²) in [6.07, 6.45) is 8.14. The molecule has 0 bridgehead atoms. The molecule has 0 amide bonds. The van der Waals surface area contributed by atoms with Crippen LogP contribution in [0.5, 0.6) is 5.75 Å². The fraction of sp³-hybridized carbons (Fsp3) is 0.192. The first kappa shape index (κ1) is 22.2. The molecule has 2 aromatic carbocycles. The highest BCUT2D eigenvalue weighted by molar-refractivity contribution is 6.12. The van der Waals surface area contributed by atoms with E-state index in [1.54, 1.807) is 12.4 Å². The smallest absolute Gasteiger partial charge is 0.362 e. The zero-order valence-electron chi connectivity index (χ0n) is 18.1. The second kappa shape index (κ2) is 11.1. The number of allylic oxidation sites excluding steroid dienone is 1. The normalized spacial score (nSPS) is 13.0. The number of hydrogen-bond donors (Lipinski definition) is 1. The Morgan fingerprint density at radius 1 is 1.03 bits per heavy atom. The summed E-state index contributed by atoms with van der Waals surface area (Å²) in [5, 5.41) is 4.44. The Kier molecular flexibility index (Phi) is 7.45. The van der Waals surface area contributed by atoms with Crippen LogP contribution in [0.2, 0.25) is 0 Å². The molecule has 7 nitrogen and oxygen atoms in total. The maximum absolute atomic E-state index is 11.3. The molecule has 0 fully saturated rings. The molecule has 168 valence electrons. The molecule has 1 aromatic heterocycles. The Bertz CT molecular complexity index is 1100. The van der Waals surface area contributed by atoms with Crippen LogP contribution in [0.4, 0.5) is 0 Å². The van der Waals surface area contributed by atoms with E-state index in [0.717, 1.165) is 40.8 Å². The number of rotatable bonds is 9. The van der Waals surface area contributed by atoms with Gasteiger partial charge in [-0.25, -0.2) is 4.79 Å². The lowest BCUT2D eigenvalue weighted by Gasteiger charge is -2.20. The van der Waals surface area contributed by atoms with E-state index in [2.05, 4.69) is 27.1 Å². The minimum absolute atomic E-state index is 0.222. The van der Waals surface area contributed by atoms with Crippen molar-refractivity contribution in [3.63, 3.8) is 0 Å². The average molecular weight is 444 g/mol. The summed E-state index contributed by atoms with van der Waals surface area (Å²) in [4.78, 5) is 25.5. The first-order valence-electron chi connectivity index (χ1n) is 10.8. The average Bonchev–Trinajstić information content (AvgIpc) is 2.88. The molecule has 33 heavy (non-hydrogen) atoms. The molecule has 1 aliphatic rings. The van der Waals surface area contributed by atoms with Crippen LogP contribution in [0, 0.1) is 0 Å². The third-order valence-electron chi connectivity index (χ3n) is 5.34. The van der Waals surface area contributed by atoms with Crippen LogP contribution in [0.3, 0.4) is 0 Å². The third-order valence-corrected chi connectivity index (χ3v) is 5.34. The number of nitrogens with zero attached hydrogens (tertiary/aromatic N) is 2. The molecule has 0 unspecified atom stereocenters. The number of carbonyl (C=O) groups is 1. The fourth-order valence-corrected chi connectivity index (χ4v) is 3.80.